The predicted octanol–water partition coefficient (Wildman–Crippen LogP) is 4.08. The van der Waals surface area contributed by atoms with Crippen molar-refractivity contribution in [1.82, 2.24) is 5.32 Å². The third-order valence-corrected chi connectivity index (χ3v) is 10.4. The van der Waals surface area contributed by atoms with Crippen LogP contribution in [0.15, 0.2) is 60.7 Å². The summed E-state index contributed by atoms with van der Waals surface area (Å²) < 4.78 is 0. The molecule has 4 nitrogen and oxygen atoms in total. The van der Waals surface area contributed by atoms with Crippen LogP contribution in [0.1, 0.15) is 37.6 Å². The van der Waals surface area contributed by atoms with Gasteiger partial charge in [0.1, 0.15) is 8.07 Å². The minimum atomic E-state index is -2.35. The van der Waals surface area contributed by atoms with Gasteiger partial charge in [-0.25, -0.2) is 0 Å². The fourth-order valence-corrected chi connectivity index (χ4v) is 8.55. The molecule has 0 radical (unpaired) electrons. The van der Waals surface area contributed by atoms with Gasteiger partial charge in [0.15, 0.2) is 0 Å². The number of hydrogen-bond donors (Lipinski definition) is 2. The Morgan fingerprint density at radius 1 is 0.964 bits per heavy atom. The lowest BCUT2D eigenvalue weighted by molar-refractivity contribution is -0.140. The molecule has 0 bridgehead atoms. The first-order valence-corrected chi connectivity index (χ1v) is 12.7. The topological polar surface area (TPSA) is 66.4 Å². The van der Waals surface area contributed by atoms with E-state index in [2.05, 4.69) is 37.8 Å². The van der Waals surface area contributed by atoms with Crippen molar-refractivity contribution in [3.05, 3.63) is 66.2 Å². The normalized spacial score (nSPS) is 15.5. The van der Waals surface area contributed by atoms with Gasteiger partial charge in [-0.2, -0.15) is 0 Å². The Morgan fingerprint density at radius 2 is 1.50 bits per heavy atom. The molecule has 2 aromatic rings. The monoisotopic (exact) mass is 397 g/mol. The van der Waals surface area contributed by atoms with E-state index in [0.29, 0.717) is 17.5 Å². The van der Waals surface area contributed by atoms with E-state index in [1.807, 2.05) is 48.5 Å². The highest BCUT2D eigenvalue weighted by Crippen LogP contribution is 2.25. The van der Waals surface area contributed by atoms with Gasteiger partial charge in [0.2, 0.25) is 0 Å². The maximum absolute atomic E-state index is 12.9. The van der Waals surface area contributed by atoms with Crippen molar-refractivity contribution in [2.75, 3.05) is 0 Å². The first kappa shape index (κ1) is 21.9. The molecule has 0 aliphatic carbocycles. The molecule has 2 N–H and O–H groups in total. The Balaban J connectivity index is 2.43. The summed E-state index contributed by atoms with van der Waals surface area (Å²) in [5, 5.41) is 14.0. The van der Waals surface area contributed by atoms with Crippen LogP contribution in [0, 0.1) is 11.8 Å². The summed E-state index contributed by atoms with van der Waals surface area (Å²) in [6.45, 7) is 8.26. The summed E-state index contributed by atoms with van der Waals surface area (Å²) in [4.78, 5) is 24.6. The molecule has 0 heterocycles. The quantitative estimate of drug-likeness (QED) is 0.627. The number of carboxylic acids is 1. The molecular formula is C23H31NO3Si. The number of benzene rings is 2. The smallest absolute Gasteiger partial charge is 0.305 e. The summed E-state index contributed by atoms with van der Waals surface area (Å²) in [6, 6.07) is 19.9. The lowest BCUT2D eigenvalue weighted by atomic mass is 10.1. The van der Waals surface area contributed by atoms with Gasteiger partial charge in [-0.15, -0.1) is 0 Å². The van der Waals surface area contributed by atoms with Crippen molar-refractivity contribution in [3.8, 4) is 0 Å². The number of amides is 1. The Bertz CT molecular complexity index is 779. The second kappa shape index (κ2) is 9.69. The second-order valence-electron chi connectivity index (χ2n) is 8.25. The highest BCUT2D eigenvalue weighted by Gasteiger charge is 2.42. The SMILES string of the molecule is CC(C)CC(NC(=O)c1ccccc1)[Si](C)(CC(C)C(=O)O)c1ccccc1. The Hall–Kier alpha value is -2.40. The third-order valence-electron chi connectivity index (χ3n) is 5.40. The number of carbonyl (C=O) groups excluding carboxylic acids is 1. The summed E-state index contributed by atoms with van der Waals surface area (Å²) in [7, 11) is -2.35. The average molecular weight is 398 g/mol. The first-order valence-electron chi connectivity index (χ1n) is 9.88. The van der Waals surface area contributed by atoms with Crippen molar-refractivity contribution < 1.29 is 14.7 Å². The van der Waals surface area contributed by atoms with Crippen molar-refractivity contribution in [2.45, 2.75) is 45.4 Å². The largest absolute Gasteiger partial charge is 0.481 e. The van der Waals surface area contributed by atoms with Crippen LogP contribution in [0.5, 0.6) is 0 Å². The maximum atomic E-state index is 12.9. The molecule has 150 valence electrons. The van der Waals surface area contributed by atoms with Gasteiger partial charge >= 0.3 is 5.97 Å². The maximum Gasteiger partial charge on any atom is 0.305 e. The zero-order chi connectivity index (χ0) is 20.7. The Labute approximate surface area is 169 Å². The highest BCUT2D eigenvalue weighted by molar-refractivity contribution is 6.92. The Kier molecular flexibility index (Phi) is 7.58. The van der Waals surface area contributed by atoms with Crippen LogP contribution in [0.25, 0.3) is 0 Å². The number of carbonyl (C=O) groups is 2. The summed E-state index contributed by atoms with van der Waals surface area (Å²) in [5.41, 5.74) is 0.580. The number of aliphatic carboxylic acids is 1. The fourth-order valence-electron chi connectivity index (χ4n) is 3.78. The van der Waals surface area contributed by atoms with Crippen LogP contribution in [0.2, 0.25) is 12.6 Å². The average Bonchev–Trinajstić information content (AvgIpc) is 2.68. The lowest BCUT2D eigenvalue weighted by Gasteiger charge is -2.39. The number of hydrogen-bond acceptors (Lipinski definition) is 2. The van der Waals surface area contributed by atoms with E-state index < -0.39 is 20.0 Å². The lowest BCUT2D eigenvalue weighted by Crippen LogP contribution is -2.63. The molecule has 0 spiro atoms. The van der Waals surface area contributed by atoms with Gasteiger partial charge < -0.3 is 10.4 Å². The molecule has 0 saturated carbocycles. The highest BCUT2D eigenvalue weighted by atomic mass is 28.3. The van der Waals surface area contributed by atoms with Crippen LogP contribution in [0.4, 0.5) is 0 Å². The van der Waals surface area contributed by atoms with Gasteiger partial charge in [0, 0.05) is 11.2 Å². The van der Waals surface area contributed by atoms with Gasteiger partial charge in [0.05, 0.1) is 5.92 Å². The van der Waals surface area contributed by atoms with Crippen molar-refractivity contribution in [1.29, 1.82) is 0 Å². The second-order valence-corrected chi connectivity index (χ2v) is 12.8. The van der Waals surface area contributed by atoms with Crippen LogP contribution in [-0.4, -0.2) is 30.7 Å². The van der Waals surface area contributed by atoms with Crippen LogP contribution in [0.3, 0.4) is 0 Å². The van der Waals surface area contributed by atoms with Crippen LogP contribution < -0.4 is 10.5 Å². The summed E-state index contributed by atoms with van der Waals surface area (Å²) in [5.74, 6) is -0.951. The third kappa shape index (κ3) is 5.55. The van der Waals surface area contributed by atoms with Gasteiger partial charge in [0.25, 0.3) is 5.91 Å². The molecule has 28 heavy (non-hydrogen) atoms. The molecule has 0 aromatic heterocycles. The molecule has 0 aliphatic rings. The summed E-state index contributed by atoms with van der Waals surface area (Å²) >= 11 is 0. The standard InChI is InChI=1S/C23H31NO3Si/c1-17(2)15-21(24-22(25)19-11-7-5-8-12-19)28(4,16-18(3)23(26)27)20-13-9-6-10-14-20/h5-14,17-18,21H,15-16H2,1-4H3,(H,24,25)(H,26,27). The Morgan fingerprint density at radius 3 is 2.00 bits per heavy atom. The van der Waals surface area contributed by atoms with Gasteiger partial charge in [-0.3, -0.25) is 9.59 Å². The van der Waals surface area contributed by atoms with Crippen molar-refractivity contribution in [3.63, 3.8) is 0 Å². The molecule has 0 fully saturated rings. The number of nitrogens with one attached hydrogen (secondary N) is 1. The number of rotatable bonds is 9. The van der Waals surface area contributed by atoms with E-state index in [4.69, 9.17) is 0 Å². The molecule has 3 atom stereocenters. The van der Waals surface area contributed by atoms with Gasteiger partial charge in [-0.05, 0) is 30.5 Å². The fraction of sp³-hybridized carbons (Fsp3) is 0.391. The minimum absolute atomic E-state index is 0.0515. The van der Waals surface area contributed by atoms with E-state index in [0.717, 1.165) is 6.42 Å². The van der Waals surface area contributed by atoms with E-state index in [1.165, 1.54) is 5.19 Å². The predicted molar refractivity (Wildman–Crippen MR) is 116 cm³/mol. The number of carboxylic acid groups (broad SMARTS) is 1. The van der Waals surface area contributed by atoms with Crippen molar-refractivity contribution in [2.24, 2.45) is 11.8 Å². The van der Waals surface area contributed by atoms with Crippen molar-refractivity contribution >= 4 is 25.1 Å². The van der Waals surface area contributed by atoms with E-state index in [1.54, 1.807) is 6.92 Å². The zero-order valence-corrected chi connectivity index (χ0v) is 18.2. The molecule has 2 rings (SSSR count). The molecule has 0 saturated heterocycles. The van der Waals surface area contributed by atoms with E-state index in [-0.39, 0.29) is 11.6 Å². The van der Waals surface area contributed by atoms with Crippen LogP contribution in [-0.2, 0) is 4.79 Å². The molecule has 3 unspecified atom stereocenters. The van der Waals surface area contributed by atoms with E-state index >= 15 is 0 Å². The molecule has 1 amide bonds. The molecule has 2 aromatic carbocycles. The molecule has 0 aliphatic heterocycles. The van der Waals surface area contributed by atoms with E-state index in [9.17, 15) is 14.7 Å². The first-order chi connectivity index (χ1) is 13.2. The van der Waals surface area contributed by atoms with Gasteiger partial charge in [-0.1, -0.05) is 81.0 Å². The molecule has 5 heteroatoms. The summed E-state index contributed by atoms with van der Waals surface area (Å²) in [6.07, 6.45) is 0.822. The molecular weight excluding hydrogens is 366 g/mol. The zero-order valence-electron chi connectivity index (χ0n) is 17.2. The van der Waals surface area contributed by atoms with Crippen LogP contribution >= 0.6 is 0 Å². The minimum Gasteiger partial charge on any atom is -0.481 e.